The summed E-state index contributed by atoms with van der Waals surface area (Å²) in [5, 5.41) is 2.95. The van der Waals surface area contributed by atoms with Gasteiger partial charge >= 0.3 is 0 Å². The Balaban J connectivity index is 1.54. The zero-order chi connectivity index (χ0) is 17.0. The Kier molecular flexibility index (Phi) is 5.23. The van der Waals surface area contributed by atoms with Crippen LogP contribution in [0.15, 0.2) is 30.3 Å². The average molecular weight is 348 g/mol. The molecule has 0 unspecified atom stereocenters. The molecule has 5 nitrogen and oxygen atoms in total. The Morgan fingerprint density at radius 2 is 1.88 bits per heavy atom. The van der Waals surface area contributed by atoms with Crippen LogP contribution in [-0.4, -0.2) is 33.2 Å². The van der Waals surface area contributed by atoms with Crippen molar-refractivity contribution < 1.29 is 13.2 Å². The van der Waals surface area contributed by atoms with Gasteiger partial charge in [-0.05, 0) is 49.0 Å². The SMILES string of the molecule is O=C(/C=C/c1ccc(N2CCCS2(=O)=O)cc1)NCC1CCCC1. The van der Waals surface area contributed by atoms with E-state index in [1.54, 1.807) is 18.2 Å². The smallest absolute Gasteiger partial charge is 0.244 e. The molecule has 1 aromatic rings. The summed E-state index contributed by atoms with van der Waals surface area (Å²) in [7, 11) is -3.14. The van der Waals surface area contributed by atoms with Crippen molar-refractivity contribution in [2.45, 2.75) is 32.1 Å². The number of carbonyl (C=O) groups is 1. The predicted octanol–water partition coefficient (Wildman–Crippen LogP) is 2.55. The lowest BCUT2D eigenvalue weighted by Gasteiger charge is -2.16. The summed E-state index contributed by atoms with van der Waals surface area (Å²) >= 11 is 0. The van der Waals surface area contributed by atoms with Gasteiger partial charge in [-0.2, -0.15) is 0 Å². The van der Waals surface area contributed by atoms with Gasteiger partial charge in [0.05, 0.1) is 11.4 Å². The van der Waals surface area contributed by atoms with Crippen LogP contribution < -0.4 is 9.62 Å². The number of nitrogens with zero attached hydrogens (tertiary/aromatic N) is 1. The molecule has 2 fully saturated rings. The maximum Gasteiger partial charge on any atom is 0.244 e. The monoisotopic (exact) mass is 348 g/mol. The summed E-state index contributed by atoms with van der Waals surface area (Å²) < 4.78 is 25.3. The summed E-state index contributed by atoms with van der Waals surface area (Å²) in [5.41, 5.74) is 1.57. The molecule has 24 heavy (non-hydrogen) atoms. The van der Waals surface area contributed by atoms with E-state index in [0.717, 1.165) is 12.1 Å². The first-order chi connectivity index (χ1) is 11.5. The molecule has 1 amide bonds. The van der Waals surface area contributed by atoms with Gasteiger partial charge in [0, 0.05) is 19.2 Å². The van der Waals surface area contributed by atoms with Crippen LogP contribution in [0.25, 0.3) is 6.08 Å². The molecule has 0 atom stereocenters. The minimum atomic E-state index is -3.14. The number of rotatable bonds is 5. The van der Waals surface area contributed by atoms with E-state index in [4.69, 9.17) is 0 Å². The number of benzene rings is 1. The maximum absolute atomic E-state index is 11.9. The van der Waals surface area contributed by atoms with Gasteiger partial charge in [0.25, 0.3) is 0 Å². The zero-order valence-electron chi connectivity index (χ0n) is 13.8. The molecule has 1 saturated carbocycles. The van der Waals surface area contributed by atoms with E-state index in [9.17, 15) is 13.2 Å². The second-order valence-electron chi connectivity index (χ2n) is 6.56. The third-order valence-electron chi connectivity index (χ3n) is 4.75. The van der Waals surface area contributed by atoms with Gasteiger partial charge in [-0.1, -0.05) is 25.0 Å². The number of carbonyl (C=O) groups excluding carboxylic acids is 1. The highest BCUT2D eigenvalue weighted by Crippen LogP contribution is 2.25. The predicted molar refractivity (Wildman–Crippen MR) is 96.2 cm³/mol. The molecule has 130 valence electrons. The minimum absolute atomic E-state index is 0.0758. The quantitative estimate of drug-likeness (QED) is 0.832. The maximum atomic E-state index is 11.9. The summed E-state index contributed by atoms with van der Waals surface area (Å²) in [6, 6.07) is 7.26. The second kappa shape index (κ2) is 7.38. The van der Waals surface area contributed by atoms with Crippen LogP contribution in [0.2, 0.25) is 0 Å². The van der Waals surface area contributed by atoms with Crippen LogP contribution in [-0.2, 0) is 14.8 Å². The van der Waals surface area contributed by atoms with Crippen molar-refractivity contribution in [2.75, 3.05) is 23.1 Å². The topological polar surface area (TPSA) is 66.5 Å². The molecule has 3 rings (SSSR count). The number of nitrogens with one attached hydrogen (secondary N) is 1. The first kappa shape index (κ1) is 17.0. The number of hydrogen-bond donors (Lipinski definition) is 1. The molecule has 2 aliphatic rings. The first-order valence-corrected chi connectivity index (χ1v) is 10.2. The number of hydrogen-bond acceptors (Lipinski definition) is 3. The van der Waals surface area contributed by atoms with Gasteiger partial charge in [0.2, 0.25) is 15.9 Å². The second-order valence-corrected chi connectivity index (χ2v) is 8.58. The highest BCUT2D eigenvalue weighted by molar-refractivity contribution is 7.93. The molecule has 1 aliphatic carbocycles. The lowest BCUT2D eigenvalue weighted by molar-refractivity contribution is -0.116. The van der Waals surface area contributed by atoms with Crippen LogP contribution in [0.4, 0.5) is 5.69 Å². The molecule has 1 N–H and O–H groups in total. The van der Waals surface area contributed by atoms with Crippen molar-refractivity contribution in [3.8, 4) is 0 Å². The van der Waals surface area contributed by atoms with Crippen molar-refractivity contribution >= 4 is 27.7 Å². The fraction of sp³-hybridized carbons (Fsp3) is 0.500. The van der Waals surface area contributed by atoms with Crippen molar-refractivity contribution in [2.24, 2.45) is 5.92 Å². The Morgan fingerprint density at radius 1 is 1.17 bits per heavy atom. The van der Waals surface area contributed by atoms with Crippen LogP contribution >= 0.6 is 0 Å². The van der Waals surface area contributed by atoms with Gasteiger partial charge in [-0.15, -0.1) is 0 Å². The normalized spacial score (nSPS) is 20.8. The largest absolute Gasteiger partial charge is 0.352 e. The summed E-state index contributed by atoms with van der Waals surface area (Å²) in [4.78, 5) is 11.8. The number of sulfonamides is 1. The summed E-state index contributed by atoms with van der Waals surface area (Å²) in [6.45, 7) is 1.30. The summed E-state index contributed by atoms with van der Waals surface area (Å²) in [6.07, 6.45) is 8.94. The Morgan fingerprint density at radius 3 is 2.50 bits per heavy atom. The minimum Gasteiger partial charge on any atom is -0.352 e. The van der Waals surface area contributed by atoms with Gasteiger partial charge < -0.3 is 5.32 Å². The van der Waals surface area contributed by atoms with Gasteiger partial charge in [0.15, 0.2) is 0 Å². The van der Waals surface area contributed by atoms with E-state index < -0.39 is 10.0 Å². The highest BCUT2D eigenvalue weighted by Gasteiger charge is 2.28. The van der Waals surface area contributed by atoms with Crippen molar-refractivity contribution in [1.29, 1.82) is 0 Å². The summed E-state index contributed by atoms with van der Waals surface area (Å²) in [5.74, 6) is 0.771. The first-order valence-electron chi connectivity index (χ1n) is 8.61. The standard InChI is InChI=1S/C18H24N2O3S/c21-18(19-14-16-4-1-2-5-16)11-8-15-6-9-17(10-7-15)20-12-3-13-24(20,22)23/h6-11,16H,1-5,12-14H2,(H,19,21)/b11-8+. The molecule has 6 heteroatoms. The third-order valence-corrected chi connectivity index (χ3v) is 6.62. The molecule has 1 saturated heterocycles. The number of anilines is 1. The van der Waals surface area contributed by atoms with E-state index in [0.29, 0.717) is 24.6 Å². The van der Waals surface area contributed by atoms with E-state index >= 15 is 0 Å². The van der Waals surface area contributed by atoms with Gasteiger partial charge in [-0.3, -0.25) is 9.10 Å². The molecule has 0 radical (unpaired) electrons. The molecule has 0 spiro atoms. The van der Waals surface area contributed by atoms with Crippen molar-refractivity contribution in [3.05, 3.63) is 35.9 Å². The molecular formula is C18H24N2O3S. The Hall–Kier alpha value is -1.82. The van der Waals surface area contributed by atoms with E-state index in [-0.39, 0.29) is 11.7 Å². The Labute approximate surface area is 143 Å². The van der Waals surface area contributed by atoms with Crippen molar-refractivity contribution in [3.63, 3.8) is 0 Å². The van der Waals surface area contributed by atoms with Crippen molar-refractivity contribution in [1.82, 2.24) is 5.32 Å². The molecule has 1 aromatic carbocycles. The van der Waals surface area contributed by atoms with Crippen LogP contribution in [0.3, 0.4) is 0 Å². The lowest BCUT2D eigenvalue weighted by Crippen LogP contribution is -2.26. The van der Waals surface area contributed by atoms with Crippen LogP contribution in [0.5, 0.6) is 0 Å². The third kappa shape index (κ3) is 4.17. The molecule has 1 heterocycles. The Bertz CT molecular complexity index is 704. The van der Waals surface area contributed by atoms with E-state index in [2.05, 4.69) is 5.32 Å². The fourth-order valence-corrected chi connectivity index (χ4v) is 4.94. The van der Waals surface area contributed by atoms with E-state index in [1.165, 1.54) is 36.1 Å². The fourth-order valence-electron chi connectivity index (χ4n) is 3.37. The van der Waals surface area contributed by atoms with Gasteiger partial charge in [-0.25, -0.2) is 8.42 Å². The molecule has 1 aliphatic heterocycles. The van der Waals surface area contributed by atoms with Gasteiger partial charge in [0.1, 0.15) is 0 Å². The molecular weight excluding hydrogens is 324 g/mol. The highest BCUT2D eigenvalue weighted by atomic mass is 32.2. The molecule has 0 aromatic heterocycles. The average Bonchev–Trinajstić information content (AvgIpc) is 3.20. The molecule has 0 bridgehead atoms. The zero-order valence-corrected chi connectivity index (χ0v) is 14.6. The number of amides is 1. The van der Waals surface area contributed by atoms with E-state index in [1.807, 2.05) is 12.1 Å². The van der Waals surface area contributed by atoms with Crippen LogP contribution in [0, 0.1) is 5.92 Å². The lowest BCUT2D eigenvalue weighted by atomic mass is 10.1. The van der Waals surface area contributed by atoms with Crippen LogP contribution in [0.1, 0.15) is 37.7 Å².